The minimum atomic E-state index is -0.848. The van der Waals surface area contributed by atoms with Crippen molar-refractivity contribution in [3.05, 3.63) is 0 Å². The van der Waals surface area contributed by atoms with Crippen LogP contribution < -0.4 is 5.90 Å². The van der Waals surface area contributed by atoms with Gasteiger partial charge in [0.15, 0.2) is 6.29 Å². The SMILES string of the molecule is NOC(O)CCCCCO. The first kappa shape index (κ1) is 9.84. The highest BCUT2D eigenvalue weighted by atomic mass is 16.7. The normalized spacial score (nSPS) is 13.5. The molecule has 0 fully saturated rings. The van der Waals surface area contributed by atoms with Crippen LogP contribution in [0.2, 0.25) is 0 Å². The molecule has 0 rings (SSSR count). The molecule has 0 aromatic heterocycles. The zero-order valence-electron chi connectivity index (χ0n) is 5.99. The lowest BCUT2D eigenvalue weighted by Crippen LogP contribution is -2.15. The van der Waals surface area contributed by atoms with E-state index in [1.807, 2.05) is 0 Å². The van der Waals surface area contributed by atoms with Crippen molar-refractivity contribution in [2.75, 3.05) is 6.61 Å². The molecule has 62 valence electrons. The van der Waals surface area contributed by atoms with Crippen LogP contribution in [0.4, 0.5) is 0 Å². The van der Waals surface area contributed by atoms with E-state index < -0.39 is 6.29 Å². The third kappa shape index (κ3) is 5.97. The van der Waals surface area contributed by atoms with Crippen LogP contribution in [0.3, 0.4) is 0 Å². The molecule has 0 aliphatic rings. The molecule has 0 aliphatic heterocycles. The van der Waals surface area contributed by atoms with Crippen LogP contribution in [-0.2, 0) is 4.84 Å². The van der Waals surface area contributed by atoms with E-state index in [0.29, 0.717) is 6.42 Å². The Kier molecular flexibility index (Phi) is 6.84. The smallest absolute Gasteiger partial charge is 0.174 e. The predicted octanol–water partition coefficient (Wildman–Crippen LogP) is -0.252. The molecule has 0 aliphatic carbocycles. The molecule has 4 N–H and O–H groups in total. The van der Waals surface area contributed by atoms with Gasteiger partial charge in [0.05, 0.1) is 0 Å². The van der Waals surface area contributed by atoms with Crippen molar-refractivity contribution in [2.24, 2.45) is 5.90 Å². The molecular weight excluding hydrogens is 134 g/mol. The van der Waals surface area contributed by atoms with Crippen molar-refractivity contribution in [1.29, 1.82) is 0 Å². The van der Waals surface area contributed by atoms with E-state index in [1.54, 1.807) is 0 Å². The number of aliphatic hydroxyl groups excluding tert-OH is 2. The van der Waals surface area contributed by atoms with E-state index in [2.05, 4.69) is 10.7 Å². The average molecular weight is 149 g/mol. The summed E-state index contributed by atoms with van der Waals surface area (Å²) in [5, 5.41) is 17.1. The maximum atomic E-state index is 8.75. The van der Waals surface area contributed by atoms with E-state index in [1.165, 1.54) is 0 Å². The van der Waals surface area contributed by atoms with E-state index in [0.717, 1.165) is 19.3 Å². The Labute approximate surface area is 60.6 Å². The van der Waals surface area contributed by atoms with Gasteiger partial charge >= 0.3 is 0 Å². The molecule has 0 aromatic rings. The Morgan fingerprint density at radius 2 is 2.00 bits per heavy atom. The molecule has 4 heteroatoms. The van der Waals surface area contributed by atoms with Crippen molar-refractivity contribution >= 4 is 0 Å². The number of nitrogens with two attached hydrogens (primary N) is 1. The van der Waals surface area contributed by atoms with Crippen LogP contribution in [-0.4, -0.2) is 23.1 Å². The van der Waals surface area contributed by atoms with E-state index in [-0.39, 0.29) is 6.61 Å². The Bertz CT molecular complexity index is 70.0. The summed E-state index contributed by atoms with van der Waals surface area (Å²) in [6, 6.07) is 0. The number of aliphatic hydroxyl groups is 2. The second-order valence-corrected chi connectivity index (χ2v) is 2.16. The lowest BCUT2D eigenvalue weighted by molar-refractivity contribution is -0.107. The van der Waals surface area contributed by atoms with Crippen LogP contribution in [0.5, 0.6) is 0 Å². The van der Waals surface area contributed by atoms with Crippen LogP contribution in [0.1, 0.15) is 25.7 Å². The second kappa shape index (κ2) is 6.95. The second-order valence-electron chi connectivity index (χ2n) is 2.16. The minimum absolute atomic E-state index is 0.208. The van der Waals surface area contributed by atoms with Gasteiger partial charge in [0, 0.05) is 6.61 Å². The molecule has 0 saturated heterocycles. The standard InChI is InChI=1S/C6H15NO3/c7-10-6(9)4-2-1-3-5-8/h6,8-9H,1-5,7H2. The fraction of sp³-hybridized carbons (Fsp3) is 1.00. The number of rotatable bonds is 6. The van der Waals surface area contributed by atoms with Gasteiger partial charge in [-0.15, -0.1) is 0 Å². The lowest BCUT2D eigenvalue weighted by atomic mass is 10.2. The summed E-state index contributed by atoms with van der Waals surface area (Å²) in [7, 11) is 0. The summed E-state index contributed by atoms with van der Waals surface area (Å²) in [6.07, 6.45) is 2.20. The summed E-state index contributed by atoms with van der Waals surface area (Å²) in [5.41, 5.74) is 0. The maximum absolute atomic E-state index is 8.75. The van der Waals surface area contributed by atoms with Gasteiger partial charge in [-0.1, -0.05) is 6.42 Å². The molecular formula is C6H15NO3. The van der Waals surface area contributed by atoms with Crippen molar-refractivity contribution in [3.8, 4) is 0 Å². The number of hydrogen-bond donors (Lipinski definition) is 3. The first-order valence-electron chi connectivity index (χ1n) is 3.45. The van der Waals surface area contributed by atoms with Gasteiger partial charge in [-0.25, -0.2) is 5.90 Å². The van der Waals surface area contributed by atoms with E-state index in [4.69, 9.17) is 10.2 Å². The first-order valence-corrected chi connectivity index (χ1v) is 3.45. The van der Waals surface area contributed by atoms with Gasteiger partial charge in [-0.3, -0.25) is 4.84 Å². The van der Waals surface area contributed by atoms with Crippen LogP contribution in [0, 0.1) is 0 Å². The minimum Gasteiger partial charge on any atom is -0.396 e. The predicted molar refractivity (Wildman–Crippen MR) is 36.8 cm³/mol. The van der Waals surface area contributed by atoms with Gasteiger partial charge < -0.3 is 10.2 Å². The summed E-state index contributed by atoms with van der Waals surface area (Å²) in [5.74, 6) is 4.69. The third-order valence-corrected chi connectivity index (χ3v) is 1.27. The zero-order chi connectivity index (χ0) is 7.82. The summed E-state index contributed by atoms with van der Waals surface area (Å²) >= 11 is 0. The van der Waals surface area contributed by atoms with Crippen molar-refractivity contribution in [1.82, 2.24) is 0 Å². The Hall–Kier alpha value is -0.160. The van der Waals surface area contributed by atoms with Crippen LogP contribution >= 0.6 is 0 Å². The lowest BCUT2D eigenvalue weighted by Gasteiger charge is -2.05. The highest BCUT2D eigenvalue weighted by Crippen LogP contribution is 2.02. The molecule has 0 radical (unpaired) electrons. The van der Waals surface area contributed by atoms with Crippen LogP contribution in [0.15, 0.2) is 0 Å². The summed E-state index contributed by atoms with van der Waals surface area (Å²) in [4.78, 5) is 4.12. The Balaban J connectivity index is 2.89. The molecule has 0 aromatic carbocycles. The molecule has 0 heterocycles. The maximum Gasteiger partial charge on any atom is 0.174 e. The summed E-state index contributed by atoms with van der Waals surface area (Å²) < 4.78 is 0. The van der Waals surface area contributed by atoms with Gasteiger partial charge in [-0.05, 0) is 19.3 Å². The Morgan fingerprint density at radius 3 is 2.50 bits per heavy atom. The van der Waals surface area contributed by atoms with Gasteiger partial charge in [0.1, 0.15) is 0 Å². The largest absolute Gasteiger partial charge is 0.396 e. The fourth-order valence-electron chi connectivity index (χ4n) is 0.676. The monoisotopic (exact) mass is 149 g/mol. The number of hydrogen-bond acceptors (Lipinski definition) is 4. The van der Waals surface area contributed by atoms with E-state index >= 15 is 0 Å². The molecule has 1 atom stereocenters. The molecule has 0 amide bonds. The number of unbranched alkanes of at least 4 members (excludes halogenated alkanes) is 2. The molecule has 10 heavy (non-hydrogen) atoms. The van der Waals surface area contributed by atoms with Gasteiger partial charge in [0.2, 0.25) is 0 Å². The van der Waals surface area contributed by atoms with Crippen molar-refractivity contribution in [3.63, 3.8) is 0 Å². The van der Waals surface area contributed by atoms with Gasteiger partial charge in [-0.2, -0.15) is 0 Å². The van der Waals surface area contributed by atoms with Crippen LogP contribution in [0.25, 0.3) is 0 Å². The first-order chi connectivity index (χ1) is 4.81. The highest BCUT2D eigenvalue weighted by molar-refractivity contribution is 4.43. The van der Waals surface area contributed by atoms with Gasteiger partial charge in [0.25, 0.3) is 0 Å². The van der Waals surface area contributed by atoms with Crippen molar-refractivity contribution in [2.45, 2.75) is 32.0 Å². The molecule has 0 bridgehead atoms. The highest BCUT2D eigenvalue weighted by Gasteiger charge is 1.99. The summed E-state index contributed by atoms with van der Waals surface area (Å²) in [6.45, 7) is 0.208. The van der Waals surface area contributed by atoms with E-state index in [9.17, 15) is 0 Å². The quantitative estimate of drug-likeness (QED) is 0.276. The Morgan fingerprint density at radius 1 is 1.30 bits per heavy atom. The fourth-order valence-corrected chi connectivity index (χ4v) is 0.676. The molecule has 0 saturated carbocycles. The molecule has 1 unspecified atom stereocenters. The molecule has 4 nitrogen and oxygen atoms in total. The topological polar surface area (TPSA) is 75.7 Å². The third-order valence-electron chi connectivity index (χ3n) is 1.27. The zero-order valence-corrected chi connectivity index (χ0v) is 5.99. The molecule has 0 spiro atoms. The van der Waals surface area contributed by atoms with Crippen molar-refractivity contribution < 1.29 is 15.1 Å². The average Bonchev–Trinajstić information content (AvgIpc) is 1.98.